The molecule has 58 heavy (non-hydrogen) atoms. The molecule has 0 radical (unpaired) electrons. The minimum Gasteiger partial charge on any atom is -0.400 e. The molecule has 12 heteroatoms. The van der Waals surface area contributed by atoms with Gasteiger partial charge < -0.3 is 15.3 Å². The summed E-state index contributed by atoms with van der Waals surface area (Å²) in [5.74, 6) is 0.550. The number of hydrogen-bond acceptors (Lipinski definition) is 8. The molecule has 4 N–H and O–H groups in total. The minimum absolute atomic E-state index is 0.125. The lowest BCUT2D eigenvalue weighted by atomic mass is 10.1. The lowest BCUT2D eigenvalue weighted by Crippen LogP contribution is -2.15. The van der Waals surface area contributed by atoms with Crippen LogP contribution in [0.15, 0.2) is 139 Å². The van der Waals surface area contributed by atoms with Crippen molar-refractivity contribution in [2.45, 2.75) is 46.3 Å². The summed E-state index contributed by atoms with van der Waals surface area (Å²) in [6.07, 6.45) is 7.64. The highest BCUT2D eigenvalue weighted by Gasteiger charge is 2.23. The maximum absolute atomic E-state index is 12.2. The normalized spacial score (nSPS) is 13.2. The number of nitrogens with zero attached hydrogens (tertiary/aromatic N) is 3. The van der Waals surface area contributed by atoms with E-state index in [4.69, 9.17) is 28.3 Å². The van der Waals surface area contributed by atoms with Gasteiger partial charge >= 0.3 is 0 Å². The second kappa shape index (κ2) is 21.8. The Labute approximate surface area is 359 Å². The Morgan fingerprint density at radius 2 is 1.60 bits per heavy atom. The van der Waals surface area contributed by atoms with Crippen molar-refractivity contribution in [2.75, 3.05) is 7.11 Å². The Morgan fingerprint density at radius 1 is 0.966 bits per heavy atom. The van der Waals surface area contributed by atoms with Gasteiger partial charge in [-0.1, -0.05) is 123 Å². The molecule has 0 amide bonds. The molecule has 8 nitrogen and oxygen atoms in total. The van der Waals surface area contributed by atoms with E-state index in [9.17, 15) is 15.0 Å². The third kappa shape index (κ3) is 12.1. The molecule has 0 unspecified atom stereocenters. The number of carbonyl (C=O) groups is 1. The number of hydrogen-bond donors (Lipinski definition) is 5. The van der Waals surface area contributed by atoms with Crippen LogP contribution in [-0.4, -0.2) is 48.2 Å². The van der Waals surface area contributed by atoms with Crippen LogP contribution in [-0.2, 0) is 12.2 Å². The number of thiol groups is 1. The fourth-order valence-corrected chi connectivity index (χ4v) is 7.09. The van der Waals surface area contributed by atoms with Crippen LogP contribution in [0.25, 0.3) is 37.2 Å². The van der Waals surface area contributed by atoms with Gasteiger partial charge in [0.05, 0.1) is 39.3 Å². The molecule has 3 aromatic heterocycles. The van der Waals surface area contributed by atoms with Gasteiger partial charge in [-0.15, -0.1) is 24.0 Å². The summed E-state index contributed by atoms with van der Waals surface area (Å²) < 4.78 is 1.67. The third-order valence-corrected chi connectivity index (χ3v) is 11.0. The van der Waals surface area contributed by atoms with Crippen molar-refractivity contribution in [1.29, 1.82) is 0 Å². The Balaban J connectivity index is 0.000000216. The minimum atomic E-state index is -0.898. The Bertz CT molecular complexity index is 2390. The van der Waals surface area contributed by atoms with Gasteiger partial charge in [0.15, 0.2) is 5.78 Å². The molecule has 1 aliphatic rings. The van der Waals surface area contributed by atoms with E-state index < -0.39 is 5.60 Å². The zero-order chi connectivity index (χ0) is 42.4. The average Bonchev–Trinajstić information content (AvgIpc) is 4.05. The molecular weight excluding hydrogens is 808 g/mol. The number of fused-ring (bicyclic) bond motifs is 1. The van der Waals surface area contributed by atoms with E-state index >= 15 is 0 Å². The first-order valence-electron chi connectivity index (χ1n) is 18.3. The van der Waals surface area contributed by atoms with Gasteiger partial charge in [0.2, 0.25) is 0 Å². The van der Waals surface area contributed by atoms with E-state index in [1.807, 2.05) is 98.8 Å². The van der Waals surface area contributed by atoms with Crippen molar-refractivity contribution in [3.8, 4) is 26.7 Å². The van der Waals surface area contributed by atoms with E-state index in [-0.39, 0.29) is 12.4 Å². The maximum Gasteiger partial charge on any atom is 0.167 e. The molecule has 302 valence electrons. The number of benzene rings is 3. The SMILES string of the molecule is C=C/C=C(/Cl)C(C)C.CC(C)(O)c1cc(-c2ccc(-c3ccccc3)s2)n[nH]1.CO.O=C1C/C(=C\C=C(/S)c2cc(CO)nn2-c2ccccc2Cl)c2ccccc21. The molecule has 6 aromatic rings. The van der Waals surface area contributed by atoms with Crippen molar-refractivity contribution >= 4 is 63.4 Å². The predicted molar refractivity (Wildman–Crippen MR) is 245 cm³/mol. The molecule has 0 saturated carbocycles. The first kappa shape index (κ1) is 45.9. The highest BCUT2D eigenvalue weighted by Crippen LogP contribution is 2.35. The molecule has 7 rings (SSSR count). The van der Waals surface area contributed by atoms with E-state index in [0.717, 1.165) is 45.1 Å². The van der Waals surface area contributed by atoms with Crippen LogP contribution in [0.5, 0.6) is 0 Å². The zero-order valence-corrected chi connectivity index (χ0v) is 36.2. The second-order valence-corrected chi connectivity index (χ2v) is 16.0. The molecule has 0 saturated heterocycles. The van der Waals surface area contributed by atoms with Crippen molar-refractivity contribution in [2.24, 2.45) is 5.92 Å². The summed E-state index contributed by atoms with van der Waals surface area (Å²) in [4.78, 5) is 15.1. The molecule has 0 aliphatic heterocycles. The molecule has 0 atom stereocenters. The third-order valence-electron chi connectivity index (χ3n) is 8.61. The van der Waals surface area contributed by atoms with Crippen molar-refractivity contribution in [1.82, 2.24) is 20.0 Å². The van der Waals surface area contributed by atoms with Crippen molar-refractivity contribution in [3.63, 3.8) is 0 Å². The van der Waals surface area contributed by atoms with Crippen LogP contribution in [0, 0.1) is 5.92 Å². The van der Waals surface area contributed by atoms with E-state index in [1.165, 1.54) is 10.4 Å². The number of nitrogens with one attached hydrogen (secondary N) is 1. The molecule has 0 fully saturated rings. The van der Waals surface area contributed by atoms with E-state index in [0.29, 0.717) is 39.3 Å². The largest absolute Gasteiger partial charge is 0.400 e. The molecule has 3 aromatic carbocycles. The molecule has 1 aliphatic carbocycles. The zero-order valence-electron chi connectivity index (χ0n) is 33.0. The standard InChI is InChI=1S/C22H17ClN2O2S.C16H16N2OS.C7H11Cl.CH4O/c23-18-7-3-4-8-19(18)25-20(12-15(13-26)24-25)22(28)10-9-14-11-21(27)17-6-2-1-5-16(14)17;1-16(2,19)15-10-12(17-18-15)14-9-8-13(20-14)11-6-4-3-5-7-11;1-4-5-7(8)6(2)3;1-2/h1-10,12,26,28H,11,13H2;3-10,19H,1-2H3,(H,17,18);4-6H,1H2,2-3H3;2H,1H3/b14-9+,22-10-;;7-5+;. The van der Waals surface area contributed by atoms with Gasteiger partial charge in [0.1, 0.15) is 11.3 Å². The van der Waals surface area contributed by atoms with Crippen LogP contribution >= 0.6 is 47.2 Å². The van der Waals surface area contributed by atoms with E-state index in [2.05, 4.69) is 58.8 Å². The first-order chi connectivity index (χ1) is 27.8. The number of carbonyl (C=O) groups excluding carboxylic acids is 1. The van der Waals surface area contributed by atoms with Crippen LogP contribution < -0.4 is 0 Å². The number of rotatable bonds is 9. The summed E-state index contributed by atoms with van der Waals surface area (Å²) in [7, 11) is 1.00. The van der Waals surface area contributed by atoms with Gasteiger partial charge in [-0.25, -0.2) is 4.68 Å². The summed E-state index contributed by atoms with van der Waals surface area (Å²) in [6, 6.07) is 33.1. The Morgan fingerprint density at radius 3 is 2.21 bits per heavy atom. The number of Topliss-reactive ketones (excluding diaryl/α,β-unsaturated/α-hetero) is 1. The monoisotopic (exact) mass is 854 g/mol. The highest BCUT2D eigenvalue weighted by atomic mass is 35.5. The topological polar surface area (TPSA) is 124 Å². The number of allylic oxidation sites excluding steroid dienone is 6. The highest BCUT2D eigenvalue weighted by molar-refractivity contribution is 7.90. The van der Waals surface area contributed by atoms with Crippen LogP contribution in [0.3, 0.4) is 0 Å². The fourth-order valence-electron chi connectivity index (χ4n) is 5.58. The molecule has 0 spiro atoms. The van der Waals surface area contributed by atoms with E-state index in [1.54, 1.807) is 48.1 Å². The number of ketones is 1. The summed E-state index contributed by atoms with van der Waals surface area (Å²) in [6.45, 7) is 10.9. The van der Waals surface area contributed by atoms with Crippen LogP contribution in [0.2, 0.25) is 5.02 Å². The number of para-hydroxylation sites is 1. The van der Waals surface area contributed by atoms with Crippen molar-refractivity contribution in [3.05, 3.63) is 172 Å². The van der Waals surface area contributed by atoms with Gasteiger partial charge in [0, 0.05) is 33.9 Å². The fraction of sp³-hybridized carbons (Fsp3) is 0.196. The van der Waals surface area contributed by atoms with Gasteiger partial charge in [-0.2, -0.15) is 10.2 Å². The predicted octanol–water partition coefficient (Wildman–Crippen LogP) is 11.6. The first-order valence-corrected chi connectivity index (χ1v) is 20.4. The number of aromatic amines is 1. The number of H-pyrrole nitrogens is 1. The molecular formula is C46H48Cl2N4O4S2. The Kier molecular flexibility index (Phi) is 17.3. The lowest BCUT2D eigenvalue weighted by Gasteiger charge is -2.13. The number of thiophene rings is 1. The molecule has 3 heterocycles. The van der Waals surface area contributed by atoms with Gasteiger partial charge in [0.25, 0.3) is 0 Å². The number of aliphatic hydroxyl groups excluding tert-OH is 2. The average molecular weight is 856 g/mol. The number of aromatic nitrogens is 4. The smallest absolute Gasteiger partial charge is 0.167 e. The second-order valence-electron chi connectivity index (χ2n) is 13.6. The lowest BCUT2D eigenvalue weighted by molar-refractivity contribution is 0.0738. The molecule has 0 bridgehead atoms. The summed E-state index contributed by atoms with van der Waals surface area (Å²) in [5.41, 5.74) is 6.50. The van der Waals surface area contributed by atoms with Crippen molar-refractivity contribution < 1.29 is 20.1 Å². The summed E-state index contributed by atoms with van der Waals surface area (Å²) in [5, 5.41) is 39.5. The number of halogens is 2. The number of aliphatic hydroxyl groups is 3. The quantitative estimate of drug-likeness (QED) is 0.0729. The van der Waals surface area contributed by atoms with Crippen LogP contribution in [0.4, 0.5) is 0 Å². The Hall–Kier alpha value is -4.78. The van der Waals surface area contributed by atoms with Gasteiger partial charge in [-0.3, -0.25) is 9.89 Å². The van der Waals surface area contributed by atoms with Gasteiger partial charge in [-0.05, 0) is 85.0 Å². The maximum atomic E-state index is 12.2. The summed E-state index contributed by atoms with van der Waals surface area (Å²) >= 11 is 18.4. The van der Waals surface area contributed by atoms with Crippen LogP contribution in [0.1, 0.15) is 67.1 Å².